The van der Waals surface area contributed by atoms with Gasteiger partial charge in [-0.15, -0.1) is 0 Å². The summed E-state index contributed by atoms with van der Waals surface area (Å²) in [5.41, 5.74) is 0.300. The topological polar surface area (TPSA) is 38.7 Å². The van der Waals surface area contributed by atoms with Crippen molar-refractivity contribution in [3.8, 4) is 5.75 Å². The van der Waals surface area contributed by atoms with Crippen LogP contribution in [0.15, 0.2) is 18.2 Å². The van der Waals surface area contributed by atoms with Crippen molar-refractivity contribution in [2.75, 3.05) is 20.8 Å². The van der Waals surface area contributed by atoms with Crippen LogP contribution in [0.5, 0.6) is 5.75 Å². The highest BCUT2D eigenvalue weighted by Crippen LogP contribution is 2.26. The highest BCUT2D eigenvalue weighted by molar-refractivity contribution is 5.30. The van der Waals surface area contributed by atoms with Crippen LogP contribution in [0.4, 0.5) is 4.39 Å². The van der Waals surface area contributed by atoms with E-state index < -0.39 is 11.9 Å². The van der Waals surface area contributed by atoms with E-state index in [1.807, 2.05) is 6.92 Å². The average molecular weight is 242 g/mol. The second-order valence-electron chi connectivity index (χ2n) is 4.20. The molecule has 0 aliphatic rings. The number of ether oxygens (including phenoxy) is 2. The van der Waals surface area contributed by atoms with Crippen molar-refractivity contribution in [1.29, 1.82) is 0 Å². The number of hydrogen-bond acceptors (Lipinski definition) is 3. The van der Waals surface area contributed by atoms with Gasteiger partial charge in [0.2, 0.25) is 0 Å². The number of rotatable bonds is 6. The number of hydrogen-bond donors (Lipinski definition) is 1. The van der Waals surface area contributed by atoms with E-state index >= 15 is 0 Å². The molecule has 0 aliphatic heterocycles. The lowest BCUT2D eigenvalue weighted by molar-refractivity contribution is 0.0996. The first-order chi connectivity index (χ1) is 8.08. The van der Waals surface area contributed by atoms with E-state index in [9.17, 15) is 9.50 Å². The summed E-state index contributed by atoms with van der Waals surface area (Å²) in [4.78, 5) is 0. The number of benzene rings is 1. The molecule has 1 aromatic carbocycles. The molecule has 2 unspecified atom stereocenters. The van der Waals surface area contributed by atoms with Crippen LogP contribution in [0.1, 0.15) is 25.0 Å². The highest BCUT2D eigenvalue weighted by Gasteiger charge is 2.16. The first kappa shape index (κ1) is 13.9. The van der Waals surface area contributed by atoms with Crippen LogP contribution in [0, 0.1) is 11.7 Å². The van der Waals surface area contributed by atoms with Crippen LogP contribution in [-0.4, -0.2) is 25.9 Å². The Bertz CT molecular complexity index is 355. The van der Waals surface area contributed by atoms with Crippen molar-refractivity contribution in [3.05, 3.63) is 29.6 Å². The molecule has 0 amide bonds. The first-order valence-corrected chi connectivity index (χ1v) is 5.59. The zero-order valence-corrected chi connectivity index (χ0v) is 10.4. The normalized spacial score (nSPS) is 14.4. The predicted octanol–water partition coefficient (Wildman–Crippen LogP) is 2.54. The van der Waals surface area contributed by atoms with E-state index in [1.54, 1.807) is 19.2 Å². The second kappa shape index (κ2) is 6.57. The largest absolute Gasteiger partial charge is 0.497 e. The Morgan fingerprint density at radius 2 is 2.06 bits per heavy atom. The van der Waals surface area contributed by atoms with Gasteiger partial charge < -0.3 is 14.6 Å². The van der Waals surface area contributed by atoms with Gasteiger partial charge >= 0.3 is 0 Å². The number of methoxy groups -OCH3 is 2. The molecule has 0 bridgehead atoms. The van der Waals surface area contributed by atoms with Gasteiger partial charge in [0.25, 0.3) is 0 Å². The van der Waals surface area contributed by atoms with Gasteiger partial charge in [0, 0.05) is 25.3 Å². The summed E-state index contributed by atoms with van der Waals surface area (Å²) in [5, 5.41) is 9.93. The molecule has 1 aromatic rings. The molecule has 2 atom stereocenters. The van der Waals surface area contributed by atoms with Gasteiger partial charge in [-0.05, 0) is 24.5 Å². The maximum absolute atomic E-state index is 13.7. The summed E-state index contributed by atoms with van der Waals surface area (Å²) in [6, 6.07) is 4.47. The van der Waals surface area contributed by atoms with Crippen LogP contribution in [-0.2, 0) is 4.74 Å². The summed E-state index contributed by atoms with van der Waals surface area (Å²) in [7, 11) is 3.09. The molecular formula is C13H19FO3. The van der Waals surface area contributed by atoms with Crippen LogP contribution < -0.4 is 4.74 Å². The van der Waals surface area contributed by atoms with Crippen molar-refractivity contribution < 1.29 is 19.0 Å². The number of aliphatic hydroxyl groups excluding tert-OH is 1. The molecule has 0 radical (unpaired) electrons. The van der Waals surface area contributed by atoms with Gasteiger partial charge in [0.05, 0.1) is 13.2 Å². The maximum Gasteiger partial charge on any atom is 0.132 e. The van der Waals surface area contributed by atoms with E-state index in [0.717, 1.165) is 0 Å². The van der Waals surface area contributed by atoms with Crippen molar-refractivity contribution >= 4 is 0 Å². The Morgan fingerprint density at radius 1 is 1.35 bits per heavy atom. The maximum atomic E-state index is 13.7. The van der Waals surface area contributed by atoms with Crippen LogP contribution in [0.25, 0.3) is 0 Å². The highest BCUT2D eigenvalue weighted by atomic mass is 19.1. The van der Waals surface area contributed by atoms with Crippen LogP contribution >= 0.6 is 0 Å². The lowest BCUT2D eigenvalue weighted by Crippen LogP contribution is -2.10. The summed E-state index contributed by atoms with van der Waals surface area (Å²) in [6.45, 7) is 2.50. The Balaban J connectivity index is 2.71. The van der Waals surface area contributed by atoms with Gasteiger partial charge in [-0.1, -0.05) is 6.92 Å². The third kappa shape index (κ3) is 3.98. The zero-order valence-electron chi connectivity index (χ0n) is 10.4. The van der Waals surface area contributed by atoms with E-state index in [2.05, 4.69) is 0 Å². The molecule has 4 heteroatoms. The monoisotopic (exact) mass is 242 g/mol. The molecule has 0 spiro atoms. The van der Waals surface area contributed by atoms with Crippen LogP contribution in [0.2, 0.25) is 0 Å². The molecule has 0 aliphatic carbocycles. The summed E-state index contributed by atoms with van der Waals surface area (Å²) in [6.07, 6.45) is -0.345. The quantitative estimate of drug-likeness (QED) is 0.833. The molecule has 96 valence electrons. The van der Waals surface area contributed by atoms with Gasteiger partial charge in [-0.3, -0.25) is 0 Å². The molecule has 0 fully saturated rings. The SMILES string of the molecule is COCC(C)CC(O)c1ccc(OC)cc1F. The van der Waals surface area contributed by atoms with E-state index in [0.29, 0.717) is 24.3 Å². The first-order valence-electron chi connectivity index (χ1n) is 5.59. The molecule has 0 heterocycles. The Morgan fingerprint density at radius 3 is 2.59 bits per heavy atom. The van der Waals surface area contributed by atoms with Crippen molar-refractivity contribution in [1.82, 2.24) is 0 Å². The standard InChI is InChI=1S/C13H19FO3/c1-9(8-16-2)6-13(15)11-5-4-10(17-3)7-12(11)14/h4-5,7,9,13,15H,6,8H2,1-3H3. The smallest absolute Gasteiger partial charge is 0.132 e. The van der Waals surface area contributed by atoms with Crippen molar-refractivity contribution in [2.45, 2.75) is 19.4 Å². The van der Waals surface area contributed by atoms with Gasteiger partial charge in [0.1, 0.15) is 11.6 Å². The third-order valence-corrected chi connectivity index (χ3v) is 2.64. The second-order valence-corrected chi connectivity index (χ2v) is 4.20. The number of halogens is 1. The van der Waals surface area contributed by atoms with Gasteiger partial charge in [-0.25, -0.2) is 4.39 Å². The molecule has 0 aromatic heterocycles. The minimum atomic E-state index is -0.814. The third-order valence-electron chi connectivity index (χ3n) is 2.64. The molecule has 17 heavy (non-hydrogen) atoms. The Kier molecular flexibility index (Phi) is 5.38. The lowest BCUT2D eigenvalue weighted by atomic mass is 9.98. The van der Waals surface area contributed by atoms with Gasteiger partial charge in [0.15, 0.2) is 0 Å². The van der Waals surface area contributed by atoms with E-state index in [1.165, 1.54) is 13.2 Å². The van der Waals surface area contributed by atoms with Gasteiger partial charge in [-0.2, -0.15) is 0 Å². The zero-order chi connectivity index (χ0) is 12.8. The Hall–Kier alpha value is -1.13. The Labute approximate surface area is 101 Å². The molecular weight excluding hydrogens is 223 g/mol. The average Bonchev–Trinajstić information content (AvgIpc) is 2.28. The molecule has 0 saturated carbocycles. The molecule has 1 N–H and O–H groups in total. The van der Waals surface area contributed by atoms with Crippen LogP contribution in [0.3, 0.4) is 0 Å². The summed E-state index contributed by atoms with van der Waals surface area (Å²) in [5.74, 6) is 0.182. The number of aliphatic hydroxyl groups is 1. The fourth-order valence-corrected chi connectivity index (χ4v) is 1.77. The van der Waals surface area contributed by atoms with E-state index in [-0.39, 0.29) is 5.92 Å². The minimum Gasteiger partial charge on any atom is -0.497 e. The fourth-order valence-electron chi connectivity index (χ4n) is 1.77. The lowest BCUT2D eigenvalue weighted by Gasteiger charge is -2.17. The fraction of sp³-hybridized carbons (Fsp3) is 0.538. The predicted molar refractivity (Wildman–Crippen MR) is 63.6 cm³/mol. The van der Waals surface area contributed by atoms with E-state index in [4.69, 9.17) is 9.47 Å². The van der Waals surface area contributed by atoms with Crippen molar-refractivity contribution in [3.63, 3.8) is 0 Å². The van der Waals surface area contributed by atoms with Crippen molar-refractivity contribution in [2.24, 2.45) is 5.92 Å². The molecule has 0 saturated heterocycles. The molecule has 1 rings (SSSR count). The molecule has 3 nitrogen and oxygen atoms in total. The minimum absolute atomic E-state index is 0.177. The summed E-state index contributed by atoms with van der Waals surface area (Å²) >= 11 is 0. The summed E-state index contributed by atoms with van der Waals surface area (Å²) < 4.78 is 23.5.